The number of nitrogens with one attached hydrogen (secondary N) is 1. The number of hydrogen-bond acceptors (Lipinski definition) is 9. The molecule has 44 heavy (non-hydrogen) atoms. The third-order valence-electron chi connectivity index (χ3n) is 7.58. The first-order chi connectivity index (χ1) is 21.2. The summed E-state index contributed by atoms with van der Waals surface area (Å²) in [6, 6.07) is 18.6. The predicted molar refractivity (Wildman–Crippen MR) is 169 cm³/mol. The number of amides is 3. The van der Waals surface area contributed by atoms with E-state index in [-0.39, 0.29) is 17.3 Å². The van der Waals surface area contributed by atoms with E-state index in [1.165, 1.54) is 23.7 Å². The summed E-state index contributed by atoms with van der Waals surface area (Å²) in [5.74, 6) is -1.10. The molecule has 2 aliphatic rings. The second kappa shape index (κ2) is 12.0. The molecule has 6 rings (SSSR count). The number of methoxy groups -OCH3 is 3. The van der Waals surface area contributed by atoms with Crippen molar-refractivity contribution >= 4 is 63.8 Å². The molecule has 1 N–H and O–H groups in total. The number of thiazole rings is 1. The number of benzene rings is 3. The van der Waals surface area contributed by atoms with Crippen molar-refractivity contribution in [3.05, 3.63) is 91.9 Å². The van der Waals surface area contributed by atoms with Crippen LogP contribution in [0, 0.1) is 5.92 Å². The lowest BCUT2D eigenvalue weighted by Crippen LogP contribution is -2.33. The van der Waals surface area contributed by atoms with Gasteiger partial charge < -0.3 is 19.5 Å². The van der Waals surface area contributed by atoms with Crippen LogP contribution >= 0.6 is 34.7 Å². The second-order valence-corrected chi connectivity index (χ2v) is 12.6. The van der Waals surface area contributed by atoms with Gasteiger partial charge in [-0.05, 0) is 66.2 Å². The maximum atomic E-state index is 14.1. The average Bonchev–Trinajstić information content (AvgIpc) is 3.47. The standard InChI is InChI=1S/C31H26ClN3O7S2/c1-40-20-11-7-18(8-12-20)33-23(36)15-34-30-27(44-31(34)39)24(16-4-13-21(41-2)22(14-16)42-3)25-26(43-30)29(38)35(28(25)37)19-9-5-17(32)6-10-19/h4-14,24-26H,15H2,1-3H3,(H,33,36). The first-order valence-electron chi connectivity index (χ1n) is 13.4. The van der Waals surface area contributed by atoms with E-state index in [9.17, 15) is 19.2 Å². The lowest BCUT2D eigenvalue weighted by Gasteiger charge is -2.31. The third-order valence-corrected chi connectivity index (χ3v) is 10.4. The maximum Gasteiger partial charge on any atom is 0.308 e. The van der Waals surface area contributed by atoms with E-state index in [4.69, 9.17) is 25.8 Å². The van der Waals surface area contributed by atoms with E-state index in [1.54, 1.807) is 73.8 Å². The SMILES string of the molecule is COc1ccc(NC(=O)Cn2c3c(sc2=O)C(c2ccc(OC)c(OC)c2)C2C(=O)N(c4ccc(Cl)cc4)C(=O)C2S3)cc1. The van der Waals surface area contributed by atoms with E-state index >= 15 is 0 Å². The Morgan fingerprint density at radius 2 is 1.59 bits per heavy atom. The lowest BCUT2D eigenvalue weighted by molar-refractivity contribution is -0.122. The quantitative estimate of drug-likeness (QED) is 0.264. The van der Waals surface area contributed by atoms with Gasteiger partial charge >= 0.3 is 4.87 Å². The molecule has 0 bridgehead atoms. The normalized spacial score (nSPS) is 18.9. The van der Waals surface area contributed by atoms with Crippen LogP contribution in [0.25, 0.3) is 0 Å². The second-order valence-electron chi connectivity index (χ2n) is 10.0. The summed E-state index contributed by atoms with van der Waals surface area (Å²) in [6.07, 6.45) is 0. The van der Waals surface area contributed by atoms with Crippen molar-refractivity contribution in [3.8, 4) is 17.2 Å². The fourth-order valence-corrected chi connectivity index (χ4v) is 8.42. The number of rotatable bonds is 8. The Labute approximate surface area is 265 Å². The molecule has 3 atom stereocenters. The van der Waals surface area contributed by atoms with Gasteiger partial charge in [-0.25, -0.2) is 4.90 Å². The van der Waals surface area contributed by atoms with Crippen molar-refractivity contribution in [1.29, 1.82) is 0 Å². The zero-order valence-electron chi connectivity index (χ0n) is 23.7. The molecule has 3 aromatic carbocycles. The first-order valence-corrected chi connectivity index (χ1v) is 15.5. The van der Waals surface area contributed by atoms with Gasteiger partial charge in [0.25, 0.3) is 0 Å². The molecule has 0 saturated carbocycles. The molecule has 13 heteroatoms. The molecule has 3 heterocycles. The van der Waals surface area contributed by atoms with E-state index in [0.717, 1.165) is 23.1 Å². The van der Waals surface area contributed by atoms with Crippen molar-refractivity contribution in [2.24, 2.45) is 5.92 Å². The van der Waals surface area contributed by atoms with Crippen LogP contribution in [-0.4, -0.2) is 48.9 Å². The highest BCUT2D eigenvalue weighted by Gasteiger charge is 2.57. The zero-order valence-corrected chi connectivity index (χ0v) is 26.1. The number of ether oxygens (including phenoxy) is 3. The Balaban J connectivity index is 1.41. The molecule has 4 aromatic rings. The van der Waals surface area contributed by atoms with E-state index < -0.39 is 28.9 Å². The van der Waals surface area contributed by atoms with Gasteiger partial charge in [0.05, 0.1) is 38.0 Å². The Morgan fingerprint density at radius 1 is 0.886 bits per heavy atom. The highest BCUT2D eigenvalue weighted by atomic mass is 35.5. The molecule has 1 fully saturated rings. The van der Waals surface area contributed by atoms with Crippen LogP contribution in [0.3, 0.4) is 0 Å². The molecule has 1 saturated heterocycles. The summed E-state index contributed by atoms with van der Waals surface area (Å²) in [7, 11) is 4.58. The van der Waals surface area contributed by atoms with Crippen LogP contribution in [0.2, 0.25) is 5.02 Å². The van der Waals surface area contributed by atoms with Gasteiger partial charge in [-0.2, -0.15) is 0 Å². The van der Waals surface area contributed by atoms with E-state index in [0.29, 0.717) is 49.1 Å². The summed E-state index contributed by atoms with van der Waals surface area (Å²) < 4.78 is 17.5. The van der Waals surface area contributed by atoms with Crippen LogP contribution in [0.4, 0.5) is 11.4 Å². The van der Waals surface area contributed by atoms with Crippen molar-refractivity contribution in [1.82, 2.24) is 4.57 Å². The fraction of sp³-hybridized carbons (Fsp3) is 0.226. The van der Waals surface area contributed by atoms with Crippen LogP contribution < -0.4 is 29.3 Å². The van der Waals surface area contributed by atoms with Gasteiger partial charge in [-0.15, -0.1) is 0 Å². The summed E-state index contributed by atoms with van der Waals surface area (Å²) in [4.78, 5) is 55.9. The molecular weight excluding hydrogens is 626 g/mol. The summed E-state index contributed by atoms with van der Waals surface area (Å²) >= 11 is 8.18. The Kier molecular flexibility index (Phi) is 8.14. The summed E-state index contributed by atoms with van der Waals surface area (Å²) in [5, 5.41) is 2.91. The molecule has 10 nitrogen and oxygen atoms in total. The molecule has 0 radical (unpaired) electrons. The van der Waals surface area contributed by atoms with Crippen molar-refractivity contribution in [2.45, 2.75) is 22.7 Å². The van der Waals surface area contributed by atoms with Gasteiger partial charge in [-0.1, -0.05) is 40.8 Å². The van der Waals surface area contributed by atoms with Crippen molar-refractivity contribution in [2.75, 3.05) is 31.5 Å². The number of anilines is 2. The first kappa shape index (κ1) is 29.8. The Bertz CT molecular complexity index is 1820. The number of carbonyl (C=O) groups excluding carboxylic acids is 3. The lowest BCUT2D eigenvalue weighted by atomic mass is 9.83. The molecular formula is C31H26ClN3O7S2. The number of nitrogens with zero attached hydrogens (tertiary/aromatic N) is 2. The monoisotopic (exact) mass is 651 g/mol. The molecule has 0 aliphatic carbocycles. The number of carbonyl (C=O) groups is 3. The van der Waals surface area contributed by atoms with Crippen LogP contribution in [-0.2, 0) is 20.9 Å². The Morgan fingerprint density at radius 3 is 2.25 bits per heavy atom. The molecule has 1 aromatic heterocycles. The van der Waals surface area contributed by atoms with Crippen molar-refractivity contribution in [3.63, 3.8) is 0 Å². The van der Waals surface area contributed by atoms with Gasteiger partial charge in [0, 0.05) is 21.5 Å². The zero-order chi connectivity index (χ0) is 31.1. The molecule has 3 amide bonds. The molecule has 226 valence electrons. The summed E-state index contributed by atoms with van der Waals surface area (Å²) in [6.45, 7) is -0.275. The Hall–Kier alpha value is -4.26. The number of halogens is 1. The van der Waals surface area contributed by atoms with Crippen molar-refractivity contribution < 1.29 is 28.6 Å². The smallest absolute Gasteiger partial charge is 0.308 e. The van der Waals surface area contributed by atoms with Gasteiger partial charge in [0.2, 0.25) is 17.7 Å². The minimum Gasteiger partial charge on any atom is -0.497 e. The molecule has 2 aliphatic heterocycles. The third kappa shape index (κ3) is 5.23. The fourth-order valence-electron chi connectivity index (χ4n) is 5.52. The highest BCUT2D eigenvalue weighted by molar-refractivity contribution is 8.00. The summed E-state index contributed by atoms with van der Waals surface area (Å²) in [5.41, 5.74) is 1.62. The molecule has 3 unspecified atom stereocenters. The average molecular weight is 652 g/mol. The van der Waals surface area contributed by atoms with Gasteiger partial charge in [0.15, 0.2) is 11.5 Å². The van der Waals surface area contributed by atoms with Crippen LogP contribution in [0.1, 0.15) is 16.4 Å². The van der Waals surface area contributed by atoms with Crippen LogP contribution in [0.15, 0.2) is 76.6 Å². The highest BCUT2D eigenvalue weighted by Crippen LogP contribution is 2.54. The van der Waals surface area contributed by atoms with Gasteiger partial charge in [-0.3, -0.25) is 23.7 Å². The maximum absolute atomic E-state index is 14.1. The predicted octanol–water partition coefficient (Wildman–Crippen LogP) is 5.02. The number of fused-ring (bicyclic) bond motifs is 2. The van der Waals surface area contributed by atoms with Gasteiger partial charge in [0.1, 0.15) is 17.5 Å². The number of thioether (sulfide) groups is 1. The van der Waals surface area contributed by atoms with E-state index in [1.807, 2.05) is 0 Å². The minimum atomic E-state index is -0.839. The topological polar surface area (TPSA) is 116 Å². The minimum absolute atomic E-state index is 0.275. The van der Waals surface area contributed by atoms with Crippen LogP contribution in [0.5, 0.6) is 17.2 Å². The van der Waals surface area contributed by atoms with E-state index in [2.05, 4.69) is 5.32 Å². The number of aromatic nitrogens is 1. The largest absolute Gasteiger partial charge is 0.497 e. The molecule has 0 spiro atoms. The number of hydrogen-bond donors (Lipinski definition) is 1. The number of imide groups is 1.